The van der Waals surface area contributed by atoms with Crippen LogP contribution < -0.4 is 4.74 Å². The lowest BCUT2D eigenvalue weighted by molar-refractivity contribution is 0.0697. The Bertz CT molecular complexity index is 1890. The maximum Gasteiger partial charge on any atom is 0.335 e. The second-order valence-corrected chi connectivity index (χ2v) is 11.4. The van der Waals surface area contributed by atoms with Crippen molar-refractivity contribution < 1.29 is 36.9 Å². The first kappa shape index (κ1) is 29.3. The summed E-state index contributed by atoms with van der Waals surface area (Å²) in [6.45, 7) is 4.74. The molecule has 11 heteroatoms. The normalized spacial score (nSPS) is 16.0. The minimum atomic E-state index is -1.09. The fourth-order valence-electron chi connectivity index (χ4n) is 5.42. The molecule has 1 aliphatic heterocycles. The number of nitrogens with zero attached hydrogens (tertiary/aromatic N) is 3. The van der Waals surface area contributed by atoms with Crippen LogP contribution in [0.4, 0.5) is 17.6 Å². The average Bonchev–Trinajstić information content (AvgIpc) is 3.52. The van der Waals surface area contributed by atoms with Crippen molar-refractivity contribution >= 4 is 17.0 Å². The molecule has 3 heterocycles. The molecule has 5 aromatic rings. The Morgan fingerprint density at radius 3 is 2.45 bits per heavy atom. The molecule has 1 saturated heterocycles. The molecule has 1 atom stereocenters. The van der Waals surface area contributed by atoms with E-state index in [-0.39, 0.29) is 46.9 Å². The number of aromatic nitrogens is 3. The number of carbonyl (C=O) groups is 1. The third-order valence-corrected chi connectivity index (χ3v) is 7.84. The van der Waals surface area contributed by atoms with Gasteiger partial charge in [-0.15, -0.1) is 0 Å². The van der Waals surface area contributed by atoms with Crippen LogP contribution in [0, 0.1) is 28.7 Å². The van der Waals surface area contributed by atoms with Crippen LogP contribution in [-0.2, 0) is 17.8 Å². The summed E-state index contributed by atoms with van der Waals surface area (Å²) < 4.78 is 71.8. The molecule has 226 valence electrons. The smallest absolute Gasteiger partial charge is 0.335 e. The Labute approximate surface area is 249 Å². The largest absolute Gasteiger partial charge is 0.478 e. The van der Waals surface area contributed by atoms with Gasteiger partial charge < -0.3 is 19.1 Å². The molecule has 1 aliphatic rings. The zero-order valence-corrected chi connectivity index (χ0v) is 23.8. The number of hydrogen-bond acceptors (Lipinski definition) is 5. The van der Waals surface area contributed by atoms with Gasteiger partial charge in [-0.3, -0.25) is 0 Å². The van der Waals surface area contributed by atoms with E-state index in [4.69, 9.17) is 9.47 Å². The van der Waals surface area contributed by atoms with E-state index >= 15 is 8.78 Å². The molecular formula is C33H27F4N3O4. The molecular weight excluding hydrogens is 578 g/mol. The van der Waals surface area contributed by atoms with Crippen molar-refractivity contribution in [3.8, 4) is 17.1 Å². The Kier molecular flexibility index (Phi) is 7.58. The maximum absolute atomic E-state index is 15.6. The molecule has 0 unspecified atom stereocenters. The minimum Gasteiger partial charge on any atom is -0.478 e. The zero-order chi connectivity index (χ0) is 31.2. The molecule has 0 bridgehead atoms. The van der Waals surface area contributed by atoms with Crippen LogP contribution >= 0.6 is 0 Å². The fraction of sp³-hybridized carbons (Fsp3) is 0.242. The number of benzene rings is 3. The van der Waals surface area contributed by atoms with Crippen LogP contribution in [0.3, 0.4) is 0 Å². The van der Waals surface area contributed by atoms with Crippen molar-refractivity contribution in [1.29, 1.82) is 0 Å². The van der Waals surface area contributed by atoms with Crippen molar-refractivity contribution in [2.24, 2.45) is 5.41 Å². The lowest BCUT2D eigenvalue weighted by Gasteiger charge is -2.28. The van der Waals surface area contributed by atoms with Crippen LogP contribution in [-0.4, -0.2) is 38.8 Å². The van der Waals surface area contributed by atoms with Gasteiger partial charge in [0.15, 0.2) is 5.82 Å². The van der Waals surface area contributed by atoms with Gasteiger partial charge in [-0.25, -0.2) is 32.3 Å². The van der Waals surface area contributed by atoms with Gasteiger partial charge in [-0.1, -0.05) is 26.0 Å². The molecule has 3 aromatic carbocycles. The highest BCUT2D eigenvalue weighted by Crippen LogP contribution is 2.40. The second kappa shape index (κ2) is 11.4. The van der Waals surface area contributed by atoms with Crippen LogP contribution in [0.2, 0.25) is 0 Å². The van der Waals surface area contributed by atoms with Crippen LogP contribution in [0.1, 0.15) is 47.2 Å². The number of carboxylic acids is 1. The number of aromatic carboxylic acids is 1. The summed E-state index contributed by atoms with van der Waals surface area (Å²) in [5, 5.41) is 9.56. The number of pyridine rings is 1. The van der Waals surface area contributed by atoms with Crippen molar-refractivity contribution in [1.82, 2.24) is 14.5 Å². The van der Waals surface area contributed by atoms with Crippen molar-refractivity contribution in [3.63, 3.8) is 0 Å². The third-order valence-electron chi connectivity index (χ3n) is 7.84. The van der Waals surface area contributed by atoms with Gasteiger partial charge in [-0.05, 0) is 65.7 Å². The maximum atomic E-state index is 15.6. The summed E-state index contributed by atoms with van der Waals surface area (Å²) >= 11 is 0. The van der Waals surface area contributed by atoms with E-state index in [1.807, 2.05) is 18.4 Å². The predicted molar refractivity (Wildman–Crippen MR) is 153 cm³/mol. The van der Waals surface area contributed by atoms with Gasteiger partial charge in [-0.2, -0.15) is 0 Å². The van der Waals surface area contributed by atoms with Crippen molar-refractivity contribution in [3.05, 3.63) is 113 Å². The summed E-state index contributed by atoms with van der Waals surface area (Å²) in [5.41, 5.74) is 1.18. The Hall–Kier alpha value is -4.77. The molecule has 0 spiro atoms. The van der Waals surface area contributed by atoms with Gasteiger partial charge >= 0.3 is 5.97 Å². The minimum absolute atomic E-state index is 0.0212. The number of hydrogen-bond donors (Lipinski definition) is 1. The van der Waals surface area contributed by atoms with Crippen molar-refractivity contribution in [2.45, 2.75) is 32.9 Å². The van der Waals surface area contributed by atoms with Crippen molar-refractivity contribution in [2.75, 3.05) is 13.2 Å². The molecule has 1 N–H and O–H groups in total. The summed E-state index contributed by atoms with van der Waals surface area (Å²) in [6.07, 6.45) is -0.0877. The van der Waals surface area contributed by atoms with Gasteiger partial charge in [0.2, 0.25) is 0 Å². The number of halogens is 4. The van der Waals surface area contributed by atoms with Crippen LogP contribution in [0.25, 0.3) is 22.3 Å². The Morgan fingerprint density at radius 2 is 1.75 bits per heavy atom. The number of ether oxygens (including phenoxy) is 2. The molecule has 7 nitrogen and oxygen atoms in total. The van der Waals surface area contributed by atoms with Gasteiger partial charge in [0.05, 0.1) is 41.5 Å². The van der Waals surface area contributed by atoms with E-state index in [9.17, 15) is 18.7 Å². The zero-order valence-electron chi connectivity index (χ0n) is 23.8. The van der Waals surface area contributed by atoms with Gasteiger partial charge in [0.1, 0.15) is 29.9 Å². The number of imidazole rings is 1. The number of rotatable bonds is 8. The molecule has 0 aliphatic carbocycles. The molecule has 0 radical (unpaired) electrons. The average molecular weight is 606 g/mol. The molecule has 2 aromatic heterocycles. The first-order valence-corrected chi connectivity index (χ1v) is 13.8. The highest BCUT2D eigenvalue weighted by Gasteiger charge is 2.39. The van der Waals surface area contributed by atoms with E-state index < -0.39 is 35.1 Å². The lowest BCUT2D eigenvalue weighted by atomic mass is 9.87. The fourth-order valence-corrected chi connectivity index (χ4v) is 5.42. The summed E-state index contributed by atoms with van der Waals surface area (Å²) in [5.74, 6) is -3.82. The van der Waals surface area contributed by atoms with E-state index in [1.165, 1.54) is 42.5 Å². The van der Waals surface area contributed by atoms with Crippen LogP contribution in [0.15, 0.2) is 66.7 Å². The van der Waals surface area contributed by atoms with Gasteiger partial charge in [0, 0.05) is 17.4 Å². The SMILES string of the molecule is CC1(C)COC[C@H]1n1c(Cc2cc(F)c(-c3ccc(F)c(OCc4ccc(F)cc4)n3)cc2F)nc2ccc(C(=O)O)cc21. The van der Waals surface area contributed by atoms with Gasteiger partial charge in [0.25, 0.3) is 5.88 Å². The third kappa shape index (κ3) is 5.62. The molecule has 0 amide bonds. The second-order valence-electron chi connectivity index (χ2n) is 11.4. The highest BCUT2D eigenvalue weighted by molar-refractivity contribution is 5.92. The molecule has 6 rings (SSSR count). The number of carboxylic acid groups (broad SMARTS) is 1. The first-order chi connectivity index (χ1) is 21.0. The van der Waals surface area contributed by atoms with E-state index in [1.54, 1.807) is 6.07 Å². The summed E-state index contributed by atoms with van der Waals surface area (Å²) in [7, 11) is 0. The molecule has 44 heavy (non-hydrogen) atoms. The Balaban J connectivity index is 1.33. The number of fused-ring (bicyclic) bond motifs is 1. The Morgan fingerprint density at radius 1 is 0.977 bits per heavy atom. The standard InChI is InChI=1S/C33H27F4N3O4/c1-33(2)17-43-16-29(33)40-28-12-19(32(41)42)5-9-27(28)38-30(40)13-20-11-25(37)22(14-24(20)36)26-10-8-23(35)31(39-26)44-15-18-3-6-21(34)7-4-18/h3-12,14,29H,13,15-17H2,1-2H3,(H,41,42)/t29-/m1/s1. The highest BCUT2D eigenvalue weighted by atomic mass is 19.1. The first-order valence-electron chi connectivity index (χ1n) is 13.8. The quantitative estimate of drug-likeness (QED) is 0.190. The molecule has 0 saturated carbocycles. The lowest BCUT2D eigenvalue weighted by Crippen LogP contribution is -2.27. The monoisotopic (exact) mass is 605 g/mol. The molecule has 1 fully saturated rings. The van der Waals surface area contributed by atoms with E-state index in [0.29, 0.717) is 35.6 Å². The topological polar surface area (TPSA) is 86.5 Å². The predicted octanol–water partition coefficient (Wildman–Crippen LogP) is 7.12. The summed E-state index contributed by atoms with van der Waals surface area (Å²) in [6, 6.07) is 14.1. The van der Waals surface area contributed by atoms with E-state index in [2.05, 4.69) is 9.97 Å². The van der Waals surface area contributed by atoms with Crippen LogP contribution in [0.5, 0.6) is 5.88 Å². The summed E-state index contributed by atoms with van der Waals surface area (Å²) in [4.78, 5) is 20.4. The van der Waals surface area contributed by atoms with E-state index in [0.717, 1.165) is 18.2 Å².